The molecule has 8 nitrogen and oxygen atoms in total. The summed E-state index contributed by atoms with van der Waals surface area (Å²) in [6.07, 6.45) is 0.356. The number of sulfonamides is 1. The first-order valence-electron chi connectivity index (χ1n) is 7.68. The Hall–Kier alpha value is -2.00. The summed E-state index contributed by atoms with van der Waals surface area (Å²) in [4.78, 5) is 11.1. The van der Waals surface area contributed by atoms with Crippen molar-refractivity contribution in [2.24, 2.45) is 11.8 Å². The molecular weight excluding hydrogens is 350 g/mol. The van der Waals surface area contributed by atoms with Crippen molar-refractivity contribution in [3.8, 4) is 17.2 Å². The molecule has 25 heavy (non-hydrogen) atoms. The lowest BCUT2D eigenvalue weighted by Crippen LogP contribution is -2.34. The third-order valence-corrected chi connectivity index (χ3v) is 5.05. The fourth-order valence-corrected chi connectivity index (χ4v) is 3.74. The van der Waals surface area contributed by atoms with Gasteiger partial charge >= 0.3 is 5.97 Å². The molecule has 0 aliphatic rings. The van der Waals surface area contributed by atoms with Crippen LogP contribution in [0.15, 0.2) is 17.0 Å². The highest BCUT2D eigenvalue weighted by Crippen LogP contribution is 2.37. The quantitative estimate of drug-likeness (QED) is 0.641. The Labute approximate surface area is 148 Å². The predicted octanol–water partition coefficient (Wildman–Crippen LogP) is 1.74. The Balaban J connectivity index is 3.18. The van der Waals surface area contributed by atoms with Crippen LogP contribution >= 0.6 is 0 Å². The highest BCUT2D eigenvalue weighted by atomic mass is 32.2. The van der Waals surface area contributed by atoms with Gasteiger partial charge in [-0.3, -0.25) is 4.79 Å². The Kier molecular flexibility index (Phi) is 7.50. The molecule has 2 N–H and O–H groups in total. The van der Waals surface area contributed by atoms with Crippen LogP contribution < -0.4 is 18.9 Å². The number of nitrogens with one attached hydrogen (secondary N) is 1. The molecule has 1 atom stereocenters. The molecule has 0 heterocycles. The summed E-state index contributed by atoms with van der Waals surface area (Å²) >= 11 is 0. The summed E-state index contributed by atoms with van der Waals surface area (Å²) in [5.74, 6) is -1.31. The molecule has 0 saturated heterocycles. The Morgan fingerprint density at radius 2 is 1.64 bits per heavy atom. The zero-order valence-corrected chi connectivity index (χ0v) is 15.8. The number of carboxylic acid groups (broad SMARTS) is 1. The van der Waals surface area contributed by atoms with E-state index in [1.165, 1.54) is 33.5 Å². The van der Waals surface area contributed by atoms with Gasteiger partial charge in [0.25, 0.3) is 0 Å². The van der Waals surface area contributed by atoms with Gasteiger partial charge < -0.3 is 19.3 Å². The van der Waals surface area contributed by atoms with E-state index < -0.39 is 21.9 Å². The van der Waals surface area contributed by atoms with E-state index >= 15 is 0 Å². The Morgan fingerprint density at radius 3 is 2.00 bits per heavy atom. The van der Waals surface area contributed by atoms with Gasteiger partial charge in [0.2, 0.25) is 10.0 Å². The van der Waals surface area contributed by atoms with Crippen LogP contribution in [0.3, 0.4) is 0 Å². The van der Waals surface area contributed by atoms with E-state index in [0.29, 0.717) is 12.2 Å². The summed E-state index contributed by atoms with van der Waals surface area (Å²) < 4.78 is 43.1. The molecule has 1 unspecified atom stereocenters. The normalized spacial score (nSPS) is 12.7. The minimum Gasteiger partial charge on any atom is -0.496 e. The number of carbonyl (C=O) groups is 1. The lowest BCUT2D eigenvalue weighted by molar-refractivity contribution is -0.142. The van der Waals surface area contributed by atoms with Crippen LogP contribution in [-0.4, -0.2) is 47.4 Å². The number of ether oxygens (including phenoxy) is 3. The number of hydrogen-bond acceptors (Lipinski definition) is 6. The number of rotatable bonds is 10. The molecular formula is C16H25NO7S. The fraction of sp³-hybridized carbons (Fsp3) is 0.562. The minimum atomic E-state index is -4.05. The maximum absolute atomic E-state index is 12.7. The third kappa shape index (κ3) is 5.50. The summed E-state index contributed by atoms with van der Waals surface area (Å²) in [5.41, 5.74) is 0. The van der Waals surface area contributed by atoms with Crippen LogP contribution in [0.1, 0.15) is 20.3 Å². The van der Waals surface area contributed by atoms with Crippen LogP contribution in [0.5, 0.6) is 17.2 Å². The van der Waals surface area contributed by atoms with Crippen LogP contribution in [0, 0.1) is 11.8 Å². The first-order chi connectivity index (χ1) is 11.7. The van der Waals surface area contributed by atoms with Gasteiger partial charge in [-0.2, -0.15) is 0 Å². The number of benzene rings is 1. The van der Waals surface area contributed by atoms with Gasteiger partial charge in [-0.1, -0.05) is 13.8 Å². The molecule has 0 aromatic heterocycles. The molecule has 1 rings (SSSR count). The maximum Gasteiger partial charge on any atom is 0.307 e. The second-order valence-corrected chi connectivity index (χ2v) is 7.58. The highest BCUT2D eigenvalue weighted by Gasteiger charge is 2.28. The smallest absolute Gasteiger partial charge is 0.307 e. The number of aliphatic carboxylic acids is 1. The van der Waals surface area contributed by atoms with Gasteiger partial charge in [0.15, 0.2) is 4.90 Å². The predicted molar refractivity (Wildman–Crippen MR) is 91.9 cm³/mol. The molecule has 142 valence electrons. The van der Waals surface area contributed by atoms with E-state index in [-0.39, 0.29) is 28.9 Å². The monoisotopic (exact) mass is 375 g/mol. The summed E-state index contributed by atoms with van der Waals surface area (Å²) in [7, 11) is 0.0314. The van der Waals surface area contributed by atoms with Crippen molar-refractivity contribution in [3.63, 3.8) is 0 Å². The SMILES string of the molecule is COc1cc(OC)c(S(=O)(=O)NCC(CC(C)C)C(=O)O)c(OC)c1. The van der Waals surface area contributed by atoms with E-state index in [1.807, 2.05) is 13.8 Å². The first kappa shape index (κ1) is 21.0. The zero-order valence-electron chi connectivity index (χ0n) is 15.0. The van der Waals surface area contributed by atoms with Gasteiger partial charge in [0, 0.05) is 18.7 Å². The van der Waals surface area contributed by atoms with Gasteiger partial charge in [-0.25, -0.2) is 13.1 Å². The summed E-state index contributed by atoms with van der Waals surface area (Å²) in [6, 6.07) is 2.83. The number of hydrogen-bond donors (Lipinski definition) is 2. The lowest BCUT2D eigenvalue weighted by Gasteiger charge is -2.18. The summed E-state index contributed by atoms with van der Waals surface area (Å²) in [6.45, 7) is 3.52. The molecule has 0 aliphatic heterocycles. The standard InChI is InChI=1S/C16H25NO7S/c1-10(2)6-11(16(18)19)9-17-25(20,21)15-13(23-4)7-12(22-3)8-14(15)24-5/h7-8,10-11,17H,6,9H2,1-5H3,(H,18,19). The highest BCUT2D eigenvalue weighted by molar-refractivity contribution is 7.89. The molecule has 1 aromatic carbocycles. The van der Waals surface area contributed by atoms with Crippen molar-refractivity contribution >= 4 is 16.0 Å². The fourth-order valence-electron chi connectivity index (χ4n) is 2.36. The van der Waals surface area contributed by atoms with E-state index in [4.69, 9.17) is 14.2 Å². The average molecular weight is 375 g/mol. The number of carboxylic acids is 1. The van der Waals surface area contributed by atoms with E-state index in [1.54, 1.807) is 0 Å². The Bertz CT molecular complexity index is 675. The third-order valence-electron chi connectivity index (χ3n) is 3.56. The Morgan fingerprint density at radius 1 is 1.12 bits per heavy atom. The van der Waals surface area contributed by atoms with E-state index in [0.717, 1.165) is 0 Å². The van der Waals surface area contributed by atoms with Crippen molar-refractivity contribution in [2.45, 2.75) is 25.2 Å². The van der Waals surface area contributed by atoms with Crippen molar-refractivity contribution in [1.82, 2.24) is 4.72 Å². The van der Waals surface area contributed by atoms with Crippen molar-refractivity contribution in [2.75, 3.05) is 27.9 Å². The molecule has 0 bridgehead atoms. The van der Waals surface area contributed by atoms with Crippen LogP contribution in [-0.2, 0) is 14.8 Å². The van der Waals surface area contributed by atoms with Crippen molar-refractivity contribution < 1.29 is 32.5 Å². The molecule has 9 heteroatoms. The molecule has 1 aromatic rings. The van der Waals surface area contributed by atoms with Gasteiger partial charge in [0.05, 0.1) is 27.2 Å². The largest absolute Gasteiger partial charge is 0.496 e. The van der Waals surface area contributed by atoms with Crippen LogP contribution in [0.25, 0.3) is 0 Å². The second-order valence-electron chi connectivity index (χ2n) is 5.88. The topological polar surface area (TPSA) is 111 Å². The van der Waals surface area contributed by atoms with Gasteiger partial charge in [-0.05, 0) is 12.3 Å². The minimum absolute atomic E-state index is 0.0411. The lowest BCUT2D eigenvalue weighted by atomic mass is 9.98. The van der Waals surface area contributed by atoms with Crippen LogP contribution in [0.4, 0.5) is 0 Å². The van der Waals surface area contributed by atoms with Crippen molar-refractivity contribution in [1.29, 1.82) is 0 Å². The maximum atomic E-state index is 12.7. The average Bonchev–Trinajstić information content (AvgIpc) is 2.56. The van der Waals surface area contributed by atoms with Gasteiger partial charge in [0.1, 0.15) is 17.2 Å². The first-order valence-corrected chi connectivity index (χ1v) is 9.17. The van der Waals surface area contributed by atoms with Crippen LogP contribution in [0.2, 0.25) is 0 Å². The molecule has 0 saturated carbocycles. The van der Waals surface area contributed by atoms with Gasteiger partial charge in [-0.15, -0.1) is 0 Å². The van der Waals surface area contributed by atoms with Crippen molar-refractivity contribution in [3.05, 3.63) is 12.1 Å². The molecule has 0 radical (unpaired) electrons. The summed E-state index contributed by atoms with van der Waals surface area (Å²) in [5, 5.41) is 9.26. The van der Waals surface area contributed by atoms with E-state index in [9.17, 15) is 18.3 Å². The molecule has 0 spiro atoms. The zero-order chi connectivity index (χ0) is 19.2. The second kappa shape index (κ2) is 8.91. The number of methoxy groups -OCH3 is 3. The van der Waals surface area contributed by atoms with E-state index in [2.05, 4.69) is 4.72 Å². The molecule has 0 fully saturated rings. The molecule has 0 amide bonds. The molecule has 0 aliphatic carbocycles.